The quantitative estimate of drug-likeness (QED) is 0.888. The summed E-state index contributed by atoms with van der Waals surface area (Å²) in [5, 5.41) is 13.9. The molecule has 2 rings (SSSR count). The van der Waals surface area contributed by atoms with Crippen LogP contribution in [-0.2, 0) is 4.79 Å². The van der Waals surface area contributed by atoms with Crippen molar-refractivity contribution >= 4 is 23.2 Å². The third kappa shape index (κ3) is 4.08. The molecule has 0 aliphatic rings. The summed E-state index contributed by atoms with van der Waals surface area (Å²) in [6, 6.07) is 15.4. The second-order valence-electron chi connectivity index (χ2n) is 4.58. The van der Waals surface area contributed by atoms with E-state index in [1.54, 1.807) is 54.6 Å². The van der Waals surface area contributed by atoms with Gasteiger partial charge in [-0.2, -0.15) is 5.26 Å². The Kier molecular flexibility index (Phi) is 5.31. The van der Waals surface area contributed by atoms with Gasteiger partial charge in [-0.15, -0.1) is 0 Å². The van der Waals surface area contributed by atoms with Gasteiger partial charge >= 0.3 is 0 Å². The minimum Gasteiger partial charge on any atom is -0.496 e. The number of nitrogens with zero attached hydrogens (tertiary/aromatic N) is 1. The van der Waals surface area contributed by atoms with Crippen LogP contribution in [0, 0.1) is 11.3 Å². The highest BCUT2D eigenvalue weighted by molar-refractivity contribution is 6.08. The molecule has 2 amide bonds. The highest BCUT2D eigenvalue weighted by Gasteiger charge is 2.14. The van der Waals surface area contributed by atoms with Gasteiger partial charge < -0.3 is 15.4 Å². The van der Waals surface area contributed by atoms with Crippen LogP contribution in [0.3, 0.4) is 0 Å². The molecular weight excluding hydrogens is 294 g/mol. The normalized spacial score (nSPS) is 9.57. The summed E-state index contributed by atoms with van der Waals surface area (Å²) in [5.41, 5.74) is 1.25. The molecule has 6 heteroatoms. The van der Waals surface area contributed by atoms with E-state index < -0.39 is 5.91 Å². The first-order chi connectivity index (χ1) is 11.2. The number of carbonyl (C=O) groups is 2. The maximum absolute atomic E-state index is 12.4. The Morgan fingerprint density at radius 2 is 1.65 bits per heavy atom. The third-order valence-corrected chi connectivity index (χ3v) is 3.04. The number of para-hydroxylation sites is 3. The Morgan fingerprint density at radius 1 is 1.04 bits per heavy atom. The minimum atomic E-state index is -0.438. The van der Waals surface area contributed by atoms with Gasteiger partial charge in [0.1, 0.15) is 12.2 Å². The maximum atomic E-state index is 12.4. The molecule has 0 heterocycles. The van der Waals surface area contributed by atoms with Gasteiger partial charge in [-0.25, -0.2) is 0 Å². The number of ether oxygens (including phenoxy) is 1. The summed E-state index contributed by atoms with van der Waals surface area (Å²) in [5.74, 6) is -0.341. The first-order valence-corrected chi connectivity index (χ1v) is 6.86. The number of hydrogen-bond acceptors (Lipinski definition) is 4. The number of nitrogens with one attached hydrogen (secondary N) is 2. The highest BCUT2D eigenvalue weighted by atomic mass is 16.5. The second-order valence-corrected chi connectivity index (χ2v) is 4.58. The van der Waals surface area contributed by atoms with Crippen LogP contribution >= 0.6 is 0 Å². The van der Waals surface area contributed by atoms with Crippen LogP contribution in [0.5, 0.6) is 5.75 Å². The second kappa shape index (κ2) is 7.61. The number of carbonyl (C=O) groups excluding carboxylic acids is 2. The van der Waals surface area contributed by atoms with Gasteiger partial charge in [-0.1, -0.05) is 24.3 Å². The Labute approximate surface area is 133 Å². The van der Waals surface area contributed by atoms with E-state index in [1.165, 1.54) is 7.11 Å². The zero-order chi connectivity index (χ0) is 16.7. The van der Waals surface area contributed by atoms with Gasteiger partial charge in [0.2, 0.25) is 5.91 Å². The van der Waals surface area contributed by atoms with Gasteiger partial charge in [0.15, 0.2) is 0 Å². The maximum Gasteiger partial charge on any atom is 0.259 e. The Morgan fingerprint density at radius 3 is 2.30 bits per heavy atom. The lowest BCUT2D eigenvalue weighted by molar-refractivity contribution is -0.115. The van der Waals surface area contributed by atoms with Gasteiger partial charge in [0, 0.05) is 0 Å². The molecule has 0 aliphatic carbocycles. The molecule has 0 unspecified atom stereocenters. The van der Waals surface area contributed by atoms with E-state index in [1.807, 2.05) is 0 Å². The van der Waals surface area contributed by atoms with E-state index in [2.05, 4.69) is 10.6 Å². The Bertz CT molecular complexity index is 766. The van der Waals surface area contributed by atoms with E-state index in [0.717, 1.165) is 0 Å². The van der Waals surface area contributed by atoms with Crippen molar-refractivity contribution in [1.82, 2.24) is 0 Å². The fourth-order valence-corrected chi connectivity index (χ4v) is 1.99. The number of anilines is 2. The van der Waals surface area contributed by atoms with Crippen molar-refractivity contribution in [3.63, 3.8) is 0 Å². The Balaban J connectivity index is 2.21. The molecule has 0 atom stereocenters. The van der Waals surface area contributed by atoms with Crippen LogP contribution in [0.4, 0.5) is 11.4 Å². The van der Waals surface area contributed by atoms with E-state index in [9.17, 15) is 9.59 Å². The first-order valence-electron chi connectivity index (χ1n) is 6.86. The molecule has 0 saturated heterocycles. The smallest absolute Gasteiger partial charge is 0.259 e. The molecular formula is C17H15N3O3. The molecule has 0 aromatic heterocycles. The topological polar surface area (TPSA) is 91.2 Å². The van der Waals surface area contributed by atoms with Crippen LogP contribution < -0.4 is 15.4 Å². The standard InChI is InChI=1S/C17H15N3O3/c1-23-15-9-5-2-6-12(15)17(22)20-14-8-4-3-7-13(14)19-16(21)10-11-18/h2-9H,10H2,1H3,(H,19,21)(H,20,22). The van der Waals surface area contributed by atoms with Gasteiger partial charge in [-0.3, -0.25) is 9.59 Å². The van der Waals surface area contributed by atoms with E-state index in [-0.39, 0.29) is 12.3 Å². The Hall–Kier alpha value is -3.33. The lowest BCUT2D eigenvalue weighted by atomic mass is 10.1. The van der Waals surface area contributed by atoms with Crippen molar-refractivity contribution in [2.75, 3.05) is 17.7 Å². The number of nitriles is 1. The molecule has 116 valence electrons. The third-order valence-electron chi connectivity index (χ3n) is 3.04. The summed E-state index contributed by atoms with van der Waals surface area (Å²) < 4.78 is 5.16. The van der Waals surface area contributed by atoms with Crippen LogP contribution in [0.15, 0.2) is 48.5 Å². The summed E-state index contributed by atoms with van der Waals surface area (Å²) in [6.45, 7) is 0. The number of rotatable bonds is 5. The molecule has 23 heavy (non-hydrogen) atoms. The largest absolute Gasteiger partial charge is 0.496 e. The van der Waals surface area contributed by atoms with Crippen molar-refractivity contribution in [2.45, 2.75) is 6.42 Å². The minimum absolute atomic E-state index is 0.255. The van der Waals surface area contributed by atoms with Gasteiger partial charge in [0.25, 0.3) is 5.91 Å². The van der Waals surface area contributed by atoms with Crippen molar-refractivity contribution in [3.8, 4) is 11.8 Å². The van der Waals surface area contributed by atoms with Crippen molar-refractivity contribution in [3.05, 3.63) is 54.1 Å². The molecule has 0 radical (unpaired) electrons. The van der Waals surface area contributed by atoms with E-state index in [0.29, 0.717) is 22.7 Å². The number of amides is 2. The fourth-order valence-electron chi connectivity index (χ4n) is 1.99. The van der Waals surface area contributed by atoms with Crippen molar-refractivity contribution in [1.29, 1.82) is 5.26 Å². The highest BCUT2D eigenvalue weighted by Crippen LogP contribution is 2.24. The zero-order valence-corrected chi connectivity index (χ0v) is 12.5. The summed E-state index contributed by atoms with van der Waals surface area (Å²) in [7, 11) is 1.49. The van der Waals surface area contributed by atoms with E-state index >= 15 is 0 Å². The first kappa shape index (κ1) is 16.0. The van der Waals surface area contributed by atoms with Crippen LogP contribution in [-0.4, -0.2) is 18.9 Å². The summed E-state index contributed by atoms with van der Waals surface area (Å²) in [4.78, 5) is 24.0. The molecule has 0 bridgehead atoms. The molecule has 2 aromatic carbocycles. The lowest BCUT2D eigenvalue weighted by Gasteiger charge is -2.13. The van der Waals surface area contributed by atoms with Crippen LogP contribution in [0.25, 0.3) is 0 Å². The SMILES string of the molecule is COc1ccccc1C(=O)Nc1ccccc1NC(=O)CC#N. The van der Waals surface area contributed by atoms with Crippen molar-refractivity contribution in [2.24, 2.45) is 0 Å². The fraction of sp³-hybridized carbons (Fsp3) is 0.118. The molecule has 0 spiro atoms. The lowest BCUT2D eigenvalue weighted by Crippen LogP contribution is -2.16. The zero-order valence-electron chi connectivity index (χ0n) is 12.5. The molecule has 2 N–H and O–H groups in total. The molecule has 2 aromatic rings. The van der Waals surface area contributed by atoms with Crippen LogP contribution in [0.2, 0.25) is 0 Å². The number of benzene rings is 2. The van der Waals surface area contributed by atoms with E-state index in [4.69, 9.17) is 10.00 Å². The predicted molar refractivity (Wildman–Crippen MR) is 86.2 cm³/mol. The molecule has 6 nitrogen and oxygen atoms in total. The predicted octanol–water partition coefficient (Wildman–Crippen LogP) is 2.80. The average Bonchev–Trinajstić information content (AvgIpc) is 2.56. The number of hydrogen-bond donors (Lipinski definition) is 2. The summed E-state index contributed by atoms with van der Waals surface area (Å²) >= 11 is 0. The molecule has 0 fully saturated rings. The summed E-state index contributed by atoms with van der Waals surface area (Å²) in [6.07, 6.45) is -0.255. The molecule has 0 aliphatic heterocycles. The monoisotopic (exact) mass is 309 g/mol. The number of methoxy groups -OCH3 is 1. The van der Waals surface area contributed by atoms with Crippen LogP contribution in [0.1, 0.15) is 16.8 Å². The van der Waals surface area contributed by atoms with Gasteiger partial charge in [0.05, 0.1) is 30.1 Å². The average molecular weight is 309 g/mol. The van der Waals surface area contributed by atoms with Gasteiger partial charge in [-0.05, 0) is 24.3 Å². The molecule has 0 saturated carbocycles. The van der Waals surface area contributed by atoms with Crippen molar-refractivity contribution < 1.29 is 14.3 Å².